The molecule has 0 aliphatic rings. The van der Waals surface area contributed by atoms with E-state index in [2.05, 4.69) is 9.40 Å². The van der Waals surface area contributed by atoms with E-state index in [1.165, 1.54) is 12.3 Å². The van der Waals surface area contributed by atoms with Crippen molar-refractivity contribution in [3.05, 3.63) is 54.2 Å². The first-order valence-corrected chi connectivity index (χ1v) is 5.45. The van der Waals surface area contributed by atoms with E-state index < -0.39 is 5.24 Å². The lowest BCUT2D eigenvalue weighted by Gasteiger charge is -1.92. The number of nitrogens with two attached hydrogens (primary N) is 1. The zero-order chi connectivity index (χ0) is 12.5. The summed E-state index contributed by atoms with van der Waals surface area (Å²) in [6, 6.07) is 8.97. The number of hydrogen-bond acceptors (Lipinski definition) is 4. The molecule has 0 aliphatic heterocycles. The minimum absolute atomic E-state index is 0.187. The number of hydrogen-bond donors (Lipinski definition) is 1. The molecule has 0 aliphatic carbocycles. The Morgan fingerprint density at radius 2 is 2.18 bits per heavy atom. The summed E-state index contributed by atoms with van der Waals surface area (Å²) in [7, 11) is 0. The Morgan fingerprint density at radius 1 is 1.35 bits per heavy atom. The lowest BCUT2D eigenvalue weighted by Crippen LogP contribution is -2.03. The van der Waals surface area contributed by atoms with Crippen LogP contribution in [0.1, 0.15) is 16.2 Å². The molecule has 2 N–H and O–H groups in total. The fourth-order valence-corrected chi connectivity index (χ4v) is 1.19. The summed E-state index contributed by atoms with van der Waals surface area (Å²) in [6.07, 6.45) is 4.06. The smallest absolute Gasteiger partial charge is 0.287 e. The Morgan fingerprint density at radius 3 is 2.59 bits per heavy atom. The largest absolute Gasteiger partial charge is 0.460 e. The van der Waals surface area contributed by atoms with E-state index in [4.69, 9.17) is 17.3 Å². The Hall–Kier alpha value is -1.65. The summed E-state index contributed by atoms with van der Waals surface area (Å²) >= 11 is 5.01. The highest BCUT2D eigenvalue weighted by Gasteiger charge is 2.00. The minimum Gasteiger partial charge on any atom is -0.460 e. The Balaban J connectivity index is 0.000000171. The number of carbonyl (C=O) groups is 1. The third-order valence-electron chi connectivity index (χ3n) is 1.84. The van der Waals surface area contributed by atoms with Gasteiger partial charge in [0.2, 0.25) is 0 Å². The van der Waals surface area contributed by atoms with Crippen LogP contribution in [0.2, 0.25) is 0 Å². The van der Waals surface area contributed by atoms with Gasteiger partial charge < -0.3 is 10.2 Å². The van der Waals surface area contributed by atoms with Crippen molar-refractivity contribution >= 4 is 16.8 Å². The molecule has 0 bridgehead atoms. The monoisotopic (exact) mass is 252 g/mol. The number of halogens is 1. The molecule has 2 aromatic heterocycles. The lowest BCUT2D eigenvalue weighted by molar-refractivity contribution is 0.105. The topological polar surface area (TPSA) is 69.1 Å². The maximum Gasteiger partial charge on any atom is 0.287 e. The molecular formula is C12H13ClN2O2. The molecule has 4 nitrogen and oxygen atoms in total. The molecule has 17 heavy (non-hydrogen) atoms. The number of nitrogens with zero attached hydrogens (tertiary/aromatic N) is 1. The van der Waals surface area contributed by atoms with Crippen LogP contribution in [-0.4, -0.2) is 16.8 Å². The number of pyridine rings is 1. The van der Waals surface area contributed by atoms with Gasteiger partial charge in [-0.1, -0.05) is 6.07 Å². The van der Waals surface area contributed by atoms with Crippen LogP contribution in [0, 0.1) is 0 Å². The van der Waals surface area contributed by atoms with Gasteiger partial charge in [0.25, 0.3) is 5.24 Å². The average molecular weight is 253 g/mol. The molecule has 2 rings (SSSR count). The van der Waals surface area contributed by atoms with Crippen molar-refractivity contribution in [3.63, 3.8) is 0 Å². The van der Waals surface area contributed by atoms with E-state index in [9.17, 15) is 4.79 Å². The Bertz CT molecular complexity index is 429. The molecular weight excluding hydrogens is 240 g/mol. The summed E-state index contributed by atoms with van der Waals surface area (Å²) in [5.74, 6) is 0.187. The van der Waals surface area contributed by atoms with Crippen molar-refractivity contribution in [2.45, 2.75) is 6.42 Å². The standard InChI is InChI=1S/C7H10N2.C5H3ClO2/c8-5-4-7-3-1-2-6-9-7;6-5(7)4-2-1-3-8-4/h1-3,6H,4-5,8H2;1-3H. The molecule has 90 valence electrons. The maximum absolute atomic E-state index is 10.2. The average Bonchev–Trinajstić information content (AvgIpc) is 2.85. The molecule has 0 atom stereocenters. The minimum atomic E-state index is -0.560. The summed E-state index contributed by atoms with van der Waals surface area (Å²) < 4.78 is 4.61. The quantitative estimate of drug-likeness (QED) is 0.851. The fraction of sp³-hybridized carbons (Fsp3) is 0.167. The van der Waals surface area contributed by atoms with Gasteiger partial charge in [-0.2, -0.15) is 0 Å². The van der Waals surface area contributed by atoms with Crippen LogP contribution in [-0.2, 0) is 6.42 Å². The zero-order valence-corrected chi connectivity index (χ0v) is 9.93. The molecule has 0 saturated heterocycles. The van der Waals surface area contributed by atoms with Gasteiger partial charge in [0, 0.05) is 18.3 Å². The van der Waals surface area contributed by atoms with Crippen LogP contribution in [0.3, 0.4) is 0 Å². The molecule has 0 radical (unpaired) electrons. The number of rotatable bonds is 3. The van der Waals surface area contributed by atoms with Crippen LogP contribution in [0.15, 0.2) is 47.2 Å². The molecule has 5 heteroatoms. The second kappa shape index (κ2) is 7.60. The highest BCUT2D eigenvalue weighted by molar-refractivity contribution is 6.67. The molecule has 2 aromatic rings. The first kappa shape index (κ1) is 13.4. The van der Waals surface area contributed by atoms with Crippen molar-refractivity contribution in [2.24, 2.45) is 5.73 Å². The highest BCUT2D eigenvalue weighted by atomic mass is 35.5. The van der Waals surface area contributed by atoms with Crippen LogP contribution >= 0.6 is 11.6 Å². The van der Waals surface area contributed by atoms with Crippen LogP contribution < -0.4 is 5.73 Å². The zero-order valence-electron chi connectivity index (χ0n) is 9.17. The summed E-state index contributed by atoms with van der Waals surface area (Å²) in [5.41, 5.74) is 6.39. The van der Waals surface area contributed by atoms with Crippen molar-refractivity contribution < 1.29 is 9.21 Å². The SMILES string of the molecule is NCCc1ccccn1.O=C(Cl)c1ccco1. The molecule has 0 amide bonds. The lowest BCUT2D eigenvalue weighted by atomic mass is 10.3. The van der Waals surface area contributed by atoms with Crippen molar-refractivity contribution in [2.75, 3.05) is 6.54 Å². The van der Waals surface area contributed by atoms with Gasteiger partial charge in [-0.05, 0) is 42.4 Å². The molecule has 0 fully saturated rings. The molecule has 2 heterocycles. The number of aromatic nitrogens is 1. The first-order chi connectivity index (χ1) is 8.24. The number of furan rings is 1. The van der Waals surface area contributed by atoms with Crippen molar-refractivity contribution in [3.8, 4) is 0 Å². The van der Waals surface area contributed by atoms with E-state index in [1.807, 2.05) is 18.2 Å². The molecule has 0 spiro atoms. The Kier molecular flexibility index (Phi) is 5.99. The van der Waals surface area contributed by atoms with Crippen LogP contribution in [0.4, 0.5) is 0 Å². The number of carbonyl (C=O) groups excluding carboxylic acids is 1. The van der Waals surface area contributed by atoms with Gasteiger partial charge in [-0.3, -0.25) is 9.78 Å². The molecule has 0 unspecified atom stereocenters. The second-order valence-corrected chi connectivity index (χ2v) is 3.45. The van der Waals surface area contributed by atoms with Crippen LogP contribution in [0.25, 0.3) is 0 Å². The predicted molar refractivity (Wildman–Crippen MR) is 65.9 cm³/mol. The summed E-state index contributed by atoms with van der Waals surface area (Å²) in [4.78, 5) is 14.3. The van der Waals surface area contributed by atoms with E-state index in [0.717, 1.165) is 12.1 Å². The predicted octanol–water partition coefficient (Wildman–Crippen LogP) is 2.24. The molecule has 0 aromatic carbocycles. The van der Waals surface area contributed by atoms with Gasteiger partial charge in [-0.15, -0.1) is 0 Å². The van der Waals surface area contributed by atoms with Gasteiger partial charge in [0.15, 0.2) is 5.76 Å². The van der Waals surface area contributed by atoms with E-state index in [-0.39, 0.29) is 5.76 Å². The van der Waals surface area contributed by atoms with E-state index in [0.29, 0.717) is 6.54 Å². The maximum atomic E-state index is 10.2. The molecule has 0 saturated carbocycles. The first-order valence-electron chi connectivity index (χ1n) is 5.07. The van der Waals surface area contributed by atoms with E-state index in [1.54, 1.807) is 12.3 Å². The third-order valence-corrected chi connectivity index (χ3v) is 2.03. The van der Waals surface area contributed by atoms with Gasteiger partial charge in [0.1, 0.15) is 0 Å². The highest BCUT2D eigenvalue weighted by Crippen LogP contribution is 2.02. The van der Waals surface area contributed by atoms with Gasteiger partial charge in [-0.25, -0.2) is 0 Å². The normalized spacial score (nSPS) is 9.29. The fourth-order valence-electron chi connectivity index (χ4n) is 1.08. The second-order valence-electron chi connectivity index (χ2n) is 3.11. The van der Waals surface area contributed by atoms with Crippen LogP contribution in [0.5, 0.6) is 0 Å². The Labute approximate surface area is 104 Å². The summed E-state index contributed by atoms with van der Waals surface area (Å²) in [6.45, 7) is 0.678. The van der Waals surface area contributed by atoms with E-state index >= 15 is 0 Å². The van der Waals surface area contributed by atoms with Gasteiger partial charge >= 0.3 is 0 Å². The van der Waals surface area contributed by atoms with Crippen molar-refractivity contribution in [1.82, 2.24) is 4.98 Å². The van der Waals surface area contributed by atoms with Crippen molar-refractivity contribution in [1.29, 1.82) is 0 Å². The third kappa shape index (κ3) is 5.29. The van der Waals surface area contributed by atoms with Gasteiger partial charge in [0.05, 0.1) is 6.26 Å². The summed E-state index contributed by atoms with van der Waals surface area (Å²) in [5, 5.41) is -0.560.